The zero-order valence-electron chi connectivity index (χ0n) is 9.61. The van der Waals surface area contributed by atoms with Gasteiger partial charge in [-0.15, -0.1) is 0 Å². The van der Waals surface area contributed by atoms with Crippen molar-refractivity contribution in [2.75, 3.05) is 0 Å². The molecule has 0 saturated heterocycles. The Morgan fingerprint density at radius 2 is 2.26 bits per heavy atom. The van der Waals surface area contributed by atoms with Crippen molar-refractivity contribution in [1.29, 1.82) is 0 Å². The molecule has 7 heteroatoms. The van der Waals surface area contributed by atoms with Crippen LogP contribution in [0.1, 0.15) is 12.1 Å². The van der Waals surface area contributed by atoms with E-state index in [1.165, 1.54) is 17.1 Å². The van der Waals surface area contributed by atoms with Crippen LogP contribution in [0.5, 0.6) is 0 Å². The third-order valence-electron chi connectivity index (χ3n) is 2.88. The fourth-order valence-electron chi connectivity index (χ4n) is 2.00. The lowest BCUT2D eigenvalue weighted by Gasteiger charge is -2.25. The molecule has 2 aliphatic rings. The van der Waals surface area contributed by atoms with Gasteiger partial charge in [0, 0.05) is 0 Å². The SMILES string of the molecule is S=C1NC(c2nsc(Cl)c2Cl)=CC(C2=CCC=C2)N1. The normalized spacial score (nSPS) is 21.8. The number of hydrogen-bond donors (Lipinski definition) is 2. The summed E-state index contributed by atoms with van der Waals surface area (Å²) in [5.74, 6) is 0. The summed E-state index contributed by atoms with van der Waals surface area (Å²) in [6, 6.07) is 0.0408. The Balaban J connectivity index is 1.98. The van der Waals surface area contributed by atoms with Crippen LogP contribution in [-0.2, 0) is 0 Å². The molecule has 1 aromatic heterocycles. The van der Waals surface area contributed by atoms with E-state index in [1.54, 1.807) is 0 Å². The molecule has 0 bridgehead atoms. The Labute approximate surface area is 130 Å². The molecule has 3 rings (SSSR count). The van der Waals surface area contributed by atoms with E-state index in [1.807, 2.05) is 6.08 Å². The van der Waals surface area contributed by atoms with E-state index in [0.717, 1.165) is 12.1 Å². The maximum atomic E-state index is 6.14. The molecule has 2 heterocycles. The summed E-state index contributed by atoms with van der Waals surface area (Å²) in [6.45, 7) is 0. The summed E-state index contributed by atoms with van der Waals surface area (Å²) >= 11 is 18.5. The minimum absolute atomic E-state index is 0.0408. The molecule has 98 valence electrons. The van der Waals surface area contributed by atoms with E-state index in [0.29, 0.717) is 20.2 Å². The summed E-state index contributed by atoms with van der Waals surface area (Å²) in [6.07, 6.45) is 9.35. The molecule has 1 aliphatic carbocycles. The highest BCUT2D eigenvalue weighted by Crippen LogP contribution is 2.33. The zero-order chi connectivity index (χ0) is 13.4. The predicted molar refractivity (Wildman–Crippen MR) is 84.6 cm³/mol. The van der Waals surface area contributed by atoms with Gasteiger partial charge in [-0.05, 0) is 41.8 Å². The highest BCUT2D eigenvalue weighted by atomic mass is 35.5. The van der Waals surface area contributed by atoms with Gasteiger partial charge >= 0.3 is 0 Å². The van der Waals surface area contributed by atoms with Crippen LogP contribution in [0.3, 0.4) is 0 Å². The van der Waals surface area contributed by atoms with Gasteiger partial charge in [0.2, 0.25) is 0 Å². The van der Waals surface area contributed by atoms with E-state index in [-0.39, 0.29) is 6.04 Å². The molecule has 0 aromatic carbocycles. The molecule has 0 amide bonds. The standard InChI is InChI=1S/C12H9Cl2N3S2/c13-9-10(17-19-11(9)14)8-5-7(15-12(18)16-8)6-3-1-2-4-6/h1,3-5,7H,2H2,(H2,15,16,18). The Morgan fingerprint density at radius 3 is 2.89 bits per heavy atom. The van der Waals surface area contributed by atoms with Gasteiger partial charge in [-0.1, -0.05) is 41.4 Å². The van der Waals surface area contributed by atoms with Gasteiger partial charge in [0.05, 0.1) is 16.8 Å². The first-order valence-electron chi connectivity index (χ1n) is 5.62. The Bertz CT molecular complexity index is 631. The summed E-state index contributed by atoms with van der Waals surface area (Å²) in [5.41, 5.74) is 2.63. The second kappa shape index (κ2) is 5.25. The van der Waals surface area contributed by atoms with Crippen molar-refractivity contribution >= 4 is 57.8 Å². The van der Waals surface area contributed by atoms with E-state index in [9.17, 15) is 0 Å². The Kier molecular flexibility index (Phi) is 3.62. The van der Waals surface area contributed by atoms with Crippen LogP contribution < -0.4 is 10.6 Å². The van der Waals surface area contributed by atoms with Crippen LogP contribution >= 0.6 is 47.0 Å². The fraction of sp³-hybridized carbons (Fsp3) is 0.167. The van der Waals surface area contributed by atoms with Crippen molar-refractivity contribution in [2.24, 2.45) is 0 Å². The molecular weight excluding hydrogens is 321 g/mol. The van der Waals surface area contributed by atoms with E-state index < -0.39 is 0 Å². The molecule has 1 aliphatic heterocycles. The molecule has 2 N–H and O–H groups in total. The number of rotatable bonds is 2. The summed E-state index contributed by atoms with van der Waals surface area (Å²) in [5, 5.41) is 7.30. The van der Waals surface area contributed by atoms with Gasteiger partial charge in [-0.25, -0.2) is 0 Å². The van der Waals surface area contributed by atoms with Gasteiger partial charge in [-0.2, -0.15) is 4.37 Å². The first-order valence-corrected chi connectivity index (χ1v) is 7.56. The van der Waals surface area contributed by atoms with Crippen molar-refractivity contribution < 1.29 is 0 Å². The molecule has 1 atom stereocenters. The number of aromatic nitrogens is 1. The number of thiocarbonyl (C=S) groups is 1. The lowest BCUT2D eigenvalue weighted by atomic mass is 10.1. The number of nitrogens with zero attached hydrogens (tertiary/aromatic N) is 1. The largest absolute Gasteiger partial charge is 0.352 e. The fourth-order valence-corrected chi connectivity index (χ4v) is 3.27. The van der Waals surface area contributed by atoms with Crippen LogP contribution in [0.15, 0.2) is 29.9 Å². The van der Waals surface area contributed by atoms with Crippen LogP contribution in [0.2, 0.25) is 9.36 Å². The van der Waals surface area contributed by atoms with Crippen molar-refractivity contribution in [3.8, 4) is 0 Å². The third-order valence-corrected chi connectivity index (χ3v) is 4.71. The second-order valence-electron chi connectivity index (χ2n) is 4.12. The van der Waals surface area contributed by atoms with Gasteiger partial charge in [0.1, 0.15) is 10.0 Å². The minimum atomic E-state index is 0.0408. The van der Waals surface area contributed by atoms with E-state index in [2.05, 4.69) is 33.2 Å². The average Bonchev–Trinajstić information content (AvgIpc) is 3.01. The molecule has 0 radical (unpaired) electrons. The van der Waals surface area contributed by atoms with Crippen LogP contribution in [0.4, 0.5) is 0 Å². The molecular formula is C12H9Cl2N3S2. The molecule has 19 heavy (non-hydrogen) atoms. The Hall–Kier alpha value is -0.880. The number of nitrogens with one attached hydrogen (secondary N) is 2. The molecule has 1 unspecified atom stereocenters. The van der Waals surface area contributed by atoms with Gasteiger partial charge in [-0.3, -0.25) is 0 Å². The van der Waals surface area contributed by atoms with Crippen LogP contribution in [0.25, 0.3) is 5.70 Å². The van der Waals surface area contributed by atoms with E-state index >= 15 is 0 Å². The van der Waals surface area contributed by atoms with Gasteiger partial charge < -0.3 is 10.6 Å². The van der Waals surface area contributed by atoms with E-state index in [4.69, 9.17) is 35.4 Å². The molecule has 0 saturated carbocycles. The first-order chi connectivity index (χ1) is 9.15. The summed E-state index contributed by atoms with van der Waals surface area (Å²) < 4.78 is 4.74. The maximum absolute atomic E-state index is 6.14. The quantitative estimate of drug-likeness (QED) is 0.814. The van der Waals surface area contributed by atoms with Crippen molar-refractivity contribution in [2.45, 2.75) is 12.5 Å². The average molecular weight is 330 g/mol. The van der Waals surface area contributed by atoms with Gasteiger partial charge in [0.25, 0.3) is 0 Å². The minimum Gasteiger partial charge on any atom is -0.352 e. The second-order valence-corrected chi connectivity index (χ2v) is 6.28. The highest BCUT2D eigenvalue weighted by molar-refractivity contribution is 7.80. The lowest BCUT2D eigenvalue weighted by Crippen LogP contribution is -2.45. The Morgan fingerprint density at radius 1 is 1.42 bits per heavy atom. The lowest BCUT2D eigenvalue weighted by molar-refractivity contribution is 0.818. The number of halogens is 2. The summed E-state index contributed by atoms with van der Waals surface area (Å²) in [4.78, 5) is 0. The molecule has 0 fully saturated rings. The molecule has 1 aromatic rings. The third kappa shape index (κ3) is 2.56. The zero-order valence-corrected chi connectivity index (χ0v) is 12.8. The smallest absolute Gasteiger partial charge is 0.171 e. The van der Waals surface area contributed by atoms with Crippen molar-refractivity contribution in [3.05, 3.63) is 44.9 Å². The van der Waals surface area contributed by atoms with Crippen molar-refractivity contribution in [1.82, 2.24) is 15.0 Å². The number of hydrogen-bond acceptors (Lipinski definition) is 3. The number of allylic oxidation sites excluding steroid dienone is 2. The monoisotopic (exact) mass is 329 g/mol. The molecule has 0 spiro atoms. The van der Waals surface area contributed by atoms with Crippen LogP contribution in [-0.4, -0.2) is 15.5 Å². The summed E-state index contributed by atoms with van der Waals surface area (Å²) in [7, 11) is 0. The van der Waals surface area contributed by atoms with Crippen molar-refractivity contribution in [3.63, 3.8) is 0 Å². The topological polar surface area (TPSA) is 37.0 Å². The van der Waals surface area contributed by atoms with Gasteiger partial charge in [0.15, 0.2) is 5.11 Å². The first kappa shape index (κ1) is 13.1. The maximum Gasteiger partial charge on any atom is 0.171 e. The highest BCUT2D eigenvalue weighted by Gasteiger charge is 2.23. The molecule has 3 nitrogen and oxygen atoms in total. The predicted octanol–water partition coefficient (Wildman–Crippen LogP) is 3.52. The van der Waals surface area contributed by atoms with Crippen LogP contribution in [0, 0.1) is 0 Å².